The number of unbranched alkanes of at least 4 members (excludes halogenated alkanes) is 1. The van der Waals surface area contributed by atoms with Gasteiger partial charge in [0, 0.05) is 0 Å². The first-order chi connectivity index (χ1) is 9.10. The van der Waals surface area contributed by atoms with E-state index in [1.807, 2.05) is 25.1 Å². The first-order valence-corrected chi connectivity index (χ1v) is 6.59. The van der Waals surface area contributed by atoms with Crippen LogP contribution in [-0.4, -0.2) is 18.2 Å². The monoisotopic (exact) mass is 262 g/mol. The molecule has 0 saturated carbocycles. The summed E-state index contributed by atoms with van der Waals surface area (Å²) in [5.74, 6) is -1.03. The molecule has 0 spiro atoms. The van der Waals surface area contributed by atoms with Crippen LogP contribution in [0.3, 0.4) is 0 Å². The van der Waals surface area contributed by atoms with Gasteiger partial charge in [-0.05, 0) is 12.0 Å². The molecule has 0 aromatic heterocycles. The third-order valence-electron chi connectivity index (χ3n) is 3.41. The summed E-state index contributed by atoms with van der Waals surface area (Å²) in [5.41, 5.74) is -0.722. The third-order valence-corrected chi connectivity index (χ3v) is 3.41. The summed E-state index contributed by atoms with van der Waals surface area (Å²) in [4.78, 5) is 12.0. The van der Waals surface area contributed by atoms with Gasteiger partial charge in [0.15, 0.2) is 0 Å². The van der Waals surface area contributed by atoms with E-state index in [4.69, 9.17) is 4.74 Å². The SMILES string of the molecule is C=CC(O)(c1ccccc1)C(CCCC)C(=O)OC. The van der Waals surface area contributed by atoms with Crippen molar-refractivity contribution in [2.75, 3.05) is 7.11 Å². The second-order valence-corrected chi connectivity index (χ2v) is 4.61. The summed E-state index contributed by atoms with van der Waals surface area (Å²) in [5, 5.41) is 10.9. The Hall–Kier alpha value is -1.61. The van der Waals surface area contributed by atoms with Crippen LogP contribution < -0.4 is 0 Å². The molecule has 0 saturated heterocycles. The smallest absolute Gasteiger partial charge is 0.312 e. The largest absolute Gasteiger partial charge is 0.469 e. The fourth-order valence-corrected chi connectivity index (χ4v) is 2.23. The van der Waals surface area contributed by atoms with Crippen LogP contribution in [0.25, 0.3) is 0 Å². The summed E-state index contributed by atoms with van der Waals surface area (Å²) in [6.07, 6.45) is 3.80. The molecule has 0 aliphatic rings. The van der Waals surface area contributed by atoms with Crippen LogP contribution in [0.15, 0.2) is 43.0 Å². The Morgan fingerprint density at radius 1 is 1.47 bits per heavy atom. The minimum Gasteiger partial charge on any atom is -0.469 e. The number of benzene rings is 1. The Balaban J connectivity index is 3.14. The second kappa shape index (κ2) is 7.10. The molecule has 0 aliphatic carbocycles. The van der Waals surface area contributed by atoms with Crippen molar-refractivity contribution in [3.8, 4) is 0 Å². The number of esters is 1. The highest BCUT2D eigenvalue weighted by atomic mass is 16.5. The summed E-state index contributed by atoms with van der Waals surface area (Å²) < 4.78 is 4.83. The van der Waals surface area contributed by atoms with E-state index in [0.29, 0.717) is 12.0 Å². The van der Waals surface area contributed by atoms with E-state index in [9.17, 15) is 9.90 Å². The third kappa shape index (κ3) is 3.44. The van der Waals surface area contributed by atoms with Gasteiger partial charge in [0.25, 0.3) is 0 Å². The molecule has 2 unspecified atom stereocenters. The first-order valence-electron chi connectivity index (χ1n) is 6.59. The molecule has 0 aliphatic heterocycles. The Kier molecular flexibility index (Phi) is 5.77. The zero-order chi connectivity index (χ0) is 14.3. The molecule has 1 rings (SSSR count). The lowest BCUT2D eigenvalue weighted by atomic mass is 9.78. The quantitative estimate of drug-likeness (QED) is 0.607. The van der Waals surface area contributed by atoms with Crippen molar-refractivity contribution in [1.29, 1.82) is 0 Å². The lowest BCUT2D eigenvalue weighted by Gasteiger charge is -2.32. The highest BCUT2D eigenvalue weighted by Gasteiger charge is 2.40. The van der Waals surface area contributed by atoms with Crippen LogP contribution in [-0.2, 0) is 15.1 Å². The molecule has 0 heterocycles. The van der Waals surface area contributed by atoms with Crippen molar-refractivity contribution in [3.05, 3.63) is 48.6 Å². The van der Waals surface area contributed by atoms with Crippen LogP contribution in [0.2, 0.25) is 0 Å². The molecular weight excluding hydrogens is 240 g/mol. The van der Waals surface area contributed by atoms with Gasteiger partial charge in [-0.2, -0.15) is 0 Å². The van der Waals surface area contributed by atoms with Gasteiger partial charge in [-0.3, -0.25) is 4.79 Å². The average Bonchev–Trinajstić information content (AvgIpc) is 2.47. The standard InChI is InChI=1S/C16H22O3/c1-4-6-12-14(15(17)19-3)16(18,5-2)13-10-8-7-9-11-13/h5,7-11,14,18H,2,4,6,12H2,1,3H3. The van der Waals surface area contributed by atoms with Crippen LogP contribution in [0.4, 0.5) is 0 Å². The summed E-state index contributed by atoms with van der Waals surface area (Å²) in [6.45, 7) is 5.74. The molecule has 3 heteroatoms. The number of carbonyl (C=O) groups is 1. The van der Waals surface area contributed by atoms with E-state index >= 15 is 0 Å². The van der Waals surface area contributed by atoms with Crippen molar-refractivity contribution in [2.45, 2.75) is 31.8 Å². The maximum absolute atomic E-state index is 12.0. The summed E-state index contributed by atoms with van der Waals surface area (Å²) in [6, 6.07) is 9.12. The van der Waals surface area contributed by atoms with E-state index in [-0.39, 0.29) is 0 Å². The molecule has 19 heavy (non-hydrogen) atoms. The van der Waals surface area contributed by atoms with Crippen molar-refractivity contribution in [2.24, 2.45) is 5.92 Å². The van der Waals surface area contributed by atoms with E-state index in [1.54, 1.807) is 12.1 Å². The van der Waals surface area contributed by atoms with Crippen LogP contribution >= 0.6 is 0 Å². The van der Waals surface area contributed by atoms with Gasteiger partial charge in [-0.1, -0.05) is 62.8 Å². The summed E-state index contributed by atoms with van der Waals surface area (Å²) >= 11 is 0. The topological polar surface area (TPSA) is 46.5 Å². The molecule has 0 fully saturated rings. The van der Waals surface area contributed by atoms with Gasteiger partial charge in [-0.15, -0.1) is 0 Å². The maximum atomic E-state index is 12.0. The predicted molar refractivity (Wildman–Crippen MR) is 75.6 cm³/mol. The molecular formula is C16H22O3. The molecule has 3 nitrogen and oxygen atoms in total. The van der Waals surface area contributed by atoms with Crippen molar-refractivity contribution in [1.82, 2.24) is 0 Å². The van der Waals surface area contributed by atoms with Crippen molar-refractivity contribution >= 4 is 5.97 Å². The Morgan fingerprint density at radius 3 is 2.58 bits per heavy atom. The van der Waals surface area contributed by atoms with Crippen molar-refractivity contribution in [3.63, 3.8) is 0 Å². The fraction of sp³-hybridized carbons (Fsp3) is 0.438. The van der Waals surface area contributed by atoms with E-state index in [2.05, 4.69) is 6.58 Å². The highest BCUT2D eigenvalue weighted by molar-refractivity contribution is 5.74. The van der Waals surface area contributed by atoms with Crippen molar-refractivity contribution < 1.29 is 14.6 Å². The molecule has 0 amide bonds. The van der Waals surface area contributed by atoms with Gasteiger partial charge >= 0.3 is 5.97 Å². The van der Waals surface area contributed by atoms with E-state index < -0.39 is 17.5 Å². The minimum atomic E-state index is -1.39. The number of carbonyl (C=O) groups excluding carboxylic acids is 1. The molecule has 2 atom stereocenters. The van der Waals surface area contributed by atoms with Gasteiger partial charge in [0.2, 0.25) is 0 Å². The van der Waals surface area contributed by atoms with Gasteiger partial charge < -0.3 is 9.84 Å². The molecule has 1 aromatic carbocycles. The Bertz CT molecular complexity index is 413. The zero-order valence-corrected chi connectivity index (χ0v) is 11.6. The lowest BCUT2D eigenvalue weighted by Crippen LogP contribution is -2.39. The summed E-state index contributed by atoms with van der Waals surface area (Å²) in [7, 11) is 1.34. The second-order valence-electron chi connectivity index (χ2n) is 4.61. The molecule has 0 bridgehead atoms. The van der Waals surface area contributed by atoms with E-state index in [1.165, 1.54) is 13.2 Å². The number of aliphatic hydroxyl groups is 1. The molecule has 1 aromatic rings. The van der Waals surface area contributed by atoms with Crippen LogP contribution in [0.5, 0.6) is 0 Å². The zero-order valence-electron chi connectivity index (χ0n) is 11.6. The number of hydrogen-bond acceptors (Lipinski definition) is 3. The van der Waals surface area contributed by atoms with E-state index in [0.717, 1.165) is 12.8 Å². The molecule has 0 radical (unpaired) electrons. The highest BCUT2D eigenvalue weighted by Crippen LogP contribution is 2.35. The van der Waals surface area contributed by atoms with Crippen LogP contribution in [0, 0.1) is 5.92 Å². The number of ether oxygens (including phenoxy) is 1. The minimum absolute atomic E-state index is 0.403. The lowest BCUT2D eigenvalue weighted by molar-refractivity contribution is -0.154. The fourth-order valence-electron chi connectivity index (χ4n) is 2.23. The Morgan fingerprint density at radius 2 is 2.11 bits per heavy atom. The average molecular weight is 262 g/mol. The number of methoxy groups -OCH3 is 1. The first kappa shape index (κ1) is 15.4. The predicted octanol–water partition coefficient (Wildman–Crippen LogP) is 3.04. The van der Waals surface area contributed by atoms with Gasteiger partial charge in [-0.25, -0.2) is 0 Å². The Labute approximate surface area is 114 Å². The molecule has 1 N–H and O–H groups in total. The normalized spacial score (nSPS) is 15.3. The number of hydrogen-bond donors (Lipinski definition) is 1. The number of rotatable bonds is 7. The van der Waals surface area contributed by atoms with Gasteiger partial charge in [0.05, 0.1) is 13.0 Å². The van der Waals surface area contributed by atoms with Crippen LogP contribution in [0.1, 0.15) is 31.7 Å². The maximum Gasteiger partial charge on any atom is 0.312 e. The molecule has 104 valence electrons. The van der Waals surface area contributed by atoms with Gasteiger partial charge in [0.1, 0.15) is 5.60 Å².